The Balaban J connectivity index is 1.88. The molecule has 1 N–H and O–H groups in total. The maximum absolute atomic E-state index is 11.9. The van der Waals surface area contributed by atoms with Crippen LogP contribution in [-0.4, -0.2) is 12.4 Å². The Morgan fingerprint density at radius 1 is 1.14 bits per heavy atom. The fourth-order valence-electron chi connectivity index (χ4n) is 1.79. The number of carbonyl (C=O) groups is 1. The summed E-state index contributed by atoms with van der Waals surface area (Å²) in [4.78, 5) is 11.9. The van der Waals surface area contributed by atoms with E-state index in [4.69, 9.17) is 16.3 Å². The minimum Gasteiger partial charge on any atom is -0.494 e. The molecule has 2 aromatic carbocycles. The van der Waals surface area contributed by atoms with Crippen molar-refractivity contribution in [2.24, 2.45) is 0 Å². The maximum Gasteiger partial charge on any atom is 0.187 e. The highest BCUT2D eigenvalue weighted by molar-refractivity contribution is 6.30. The van der Waals surface area contributed by atoms with Crippen LogP contribution in [0.1, 0.15) is 23.7 Å². The minimum atomic E-state index is -0.0768. The van der Waals surface area contributed by atoms with E-state index in [1.54, 1.807) is 30.5 Å². The fraction of sp³-hybridized carbons (Fsp3) is 0.167. The standard InChI is InChI=1S/C18H18ClNO2/c1-2-13-22-17-9-7-16(8-10-17)20-12-11-18(21)14-3-5-15(19)6-4-14/h3-12,20H,2,13H2,1H3. The van der Waals surface area contributed by atoms with Crippen molar-refractivity contribution in [2.45, 2.75) is 13.3 Å². The Morgan fingerprint density at radius 2 is 1.82 bits per heavy atom. The van der Waals surface area contributed by atoms with E-state index in [9.17, 15) is 4.79 Å². The van der Waals surface area contributed by atoms with Crippen LogP contribution in [0.25, 0.3) is 0 Å². The first-order valence-corrected chi connectivity index (χ1v) is 7.52. The Kier molecular flexibility index (Phi) is 6.04. The van der Waals surface area contributed by atoms with Gasteiger partial charge in [0.2, 0.25) is 0 Å². The van der Waals surface area contributed by atoms with Gasteiger partial charge >= 0.3 is 0 Å². The second-order valence-corrected chi connectivity index (χ2v) is 5.16. The number of benzene rings is 2. The van der Waals surface area contributed by atoms with Crippen LogP contribution in [0.5, 0.6) is 5.75 Å². The van der Waals surface area contributed by atoms with Crippen molar-refractivity contribution in [3.8, 4) is 5.75 Å². The number of ketones is 1. The Morgan fingerprint density at radius 3 is 2.45 bits per heavy atom. The zero-order chi connectivity index (χ0) is 15.8. The number of allylic oxidation sites excluding steroid dienone is 1. The lowest BCUT2D eigenvalue weighted by Crippen LogP contribution is -1.97. The molecule has 0 amide bonds. The van der Waals surface area contributed by atoms with E-state index in [-0.39, 0.29) is 5.78 Å². The van der Waals surface area contributed by atoms with Gasteiger partial charge in [0.1, 0.15) is 5.75 Å². The van der Waals surface area contributed by atoms with Crippen molar-refractivity contribution in [1.29, 1.82) is 0 Å². The average Bonchev–Trinajstić information content (AvgIpc) is 2.54. The minimum absolute atomic E-state index is 0.0768. The van der Waals surface area contributed by atoms with Gasteiger partial charge in [-0.3, -0.25) is 4.79 Å². The van der Waals surface area contributed by atoms with Gasteiger partial charge in [0.15, 0.2) is 5.78 Å². The molecule has 4 heteroatoms. The summed E-state index contributed by atoms with van der Waals surface area (Å²) >= 11 is 5.79. The summed E-state index contributed by atoms with van der Waals surface area (Å²) in [6.07, 6.45) is 4.10. The predicted molar refractivity (Wildman–Crippen MR) is 90.8 cm³/mol. The van der Waals surface area contributed by atoms with E-state index in [2.05, 4.69) is 12.2 Å². The summed E-state index contributed by atoms with van der Waals surface area (Å²) in [5.41, 5.74) is 1.50. The Labute approximate surface area is 135 Å². The number of halogens is 1. The van der Waals surface area contributed by atoms with Crippen LogP contribution in [0.3, 0.4) is 0 Å². The molecule has 0 unspecified atom stereocenters. The van der Waals surface area contributed by atoms with Gasteiger partial charge < -0.3 is 10.1 Å². The van der Waals surface area contributed by atoms with Crippen molar-refractivity contribution in [3.63, 3.8) is 0 Å². The van der Waals surface area contributed by atoms with E-state index in [1.165, 1.54) is 6.08 Å². The molecule has 0 bridgehead atoms. The third-order valence-electron chi connectivity index (χ3n) is 2.94. The zero-order valence-electron chi connectivity index (χ0n) is 12.4. The molecule has 3 nitrogen and oxygen atoms in total. The van der Waals surface area contributed by atoms with Crippen LogP contribution in [0, 0.1) is 0 Å². The number of nitrogens with one attached hydrogen (secondary N) is 1. The summed E-state index contributed by atoms with van der Waals surface area (Å²) < 4.78 is 5.51. The predicted octanol–water partition coefficient (Wildman–Crippen LogP) is 4.94. The third kappa shape index (κ3) is 4.93. The van der Waals surface area contributed by atoms with E-state index in [0.29, 0.717) is 17.2 Å². The molecule has 0 radical (unpaired) electrons. The molecule has 22 heavy (non-hydrogen) atoms. The van der Waals surface area contributed by atoms with Crippen LogP contribution in [-0.2, 0) is 0 Å². The van der Waals surface area contributed by atoms with Crippen LogP contribution in [0.4, 0.5) is 5.69 Å². The van der Waals surface area contributed by atoms with Crippen LogP contribution in [0.15, 0.2) is 60.8 Å². The molecule has 0 spiro atoms. The van der Waals surface area contributed by atoms with Crippen LogP contribution >= 0.6 is 11.6 Å². The molecule has 0 saturated heterocycles. The monoisotopic (exact) mass is 315 g/mol. The van der Waals surface area contributed by atoms with Crippen LogP contribution < -0.4 is 10.1 Å². The summed E-state index contributed by atoms with van der Waals surface area (Å²) in [6, 6.07) is 14.4. The molecule has 0 heterocycles. The van der Waals surface area contributed by atoms with Crippen molar-refractivity contribution >= 4 is 23.1 Å². The number of carbonyl (C=O) groups excluding carboxylic acids is 1. The maximum atomic E-state index is 11.9. The summed E-state index contributed by atoms with van der Waals surface area (Å²) in [6.45, 7) is 2.78. The second-order valence-electron chi connectivity index (χ2n) is 4.72. The van der Waals surface area contributed by atoms with Gasteiger partial charge in [0, 0.05) is 28.5 Å². The first kappa shape index (κ1) is 16.1. The molecule has 2 aromatic rings. The number of hydrogen-bond acceptors (Lipinski definition) is 3. The SMILES string of the molecule is CCCOc1ccc(NC=CC(=O)c2ccc(Cl)cc2)cc1. The highest BCUT2D eigenvalue weighted by Crippen LogP contribution is 2.16. The van der Waals surface area contributed by atoms with Crippen molar-refractivity contribution in [2.75, 3.05) is 11.9 Å². The molecule has 0 aliphatic heterocycles. The third-order valence-corrected chi connectivity index (χ3v) is 3.19. The molecule has 0 fully saturated rings. The number of anilines is 1. The van der Waals surface area contributed by atoms with Gasteiger partial charge in [0.05, 0.1) is 6.61 Å². The highest BCUT2D eigenvalue weighted by Gasteiger charge is 2.00. The summed E-state index contributed by atoms with van der Waals surface area (Å²) in [5.74, 6) is 0.765. The molecule has 0 aromatic heterocycles. The average molecular weight is 316 g/mol. The van der Waals surface area contributed by atoms with E-state index in [0.717, 1.165) is 17.9 Å². The molecular weight excluding hydrogens is 298 g/mol. The second kappa shape index (κ2) is 8.25. The first-order valence-electron chi connectivity index (χ1n) is 7.15. The van der Waals surface area contributed by atoms with E-state index >= 15 is 0 Å². The molecule has 2 rings (SSSR count). The van der Waals surface area contributed by atoms with Gasteiger partial charge in [-0.05, 0) is 55.0 Å². The smallest absolute Gasteiger partial charge is 0.187 e. The van der Waals surface area contributed by atoms with E-state index in [1.807, 2.05) is 24.3 Å². The zero-order valence-corrected chi connectivity index (χ0v) is 13.1. The van der Waals surface area contributed by atoms with Gasteiger partial charge in [-0.1, -0.05) is 18.5 Å². The van der Waals surface area contributed by atoms with Crippen molar-refractivity contribution in [3.05, 3.63) is 71.4 Å². The Bertz CT molecular complexity index is 633. The Hall–Kier alpha value is -2.26. The van der Waals surface area contributed by atoms with Crippen molar-refractivity contribution in [1.82, 2.24) is 0 Å². The summed E-state index contributed by atoms with van der Waals surface area (Å²) in [7, 11) is 0. The largest absolute Gasteiger partial charge is 0.494 e. The number of rotatable bonds is 7. The highest BCUT2D eigenvalue weighted by atomic mass is 35.5. The number of hydrogen-bond donors (Lipinski definition) is 1. The lowest BCUT2D eigenvalue weighted by atomic mass is 10.1. The van der Waals surface area contributed by atoms with Crippen molar-refractivity contribution < 1.29 is 9.53 Å². The quantitative estimate of drug-likeness (QED) is 0.581. The molecule has 0 saturated carbocycles. The lowest BCUT2D eigenvalue weighted by molar-refractivity contribution is 0.104. The topological polar surface area (TPSA) is 38.3 Å². The lowest BCUT2D eigenvalue weighted by Gasteiger charge is -2.05. The van der Waals surface area contributed by atoms with Gasteiger partial charge in [-0.15, -0.1) is 0 Å². The van der Waals surface area contributed by atoms with Crippen LogP contribution in [0.2, 0.25) is 5.02 Å². The molecule has 0 aliphatic carbocycles. The molecule has 0 atom stereocenters. The molecule has 0 aliphatic rings. The van der Waals surface area contributed by atoms with Gasteiger partial charge in [0.25, 0.3) is 0 Å². The van der Waals surface area contributed by atoms with E-state index < -0.39 is 0 Å². The summed E-state index contributed by atoms with van der Waals surface area (Å²) in [5, 5.41) is 3.67. The van der Waals surface area contributed by atoms with Gasteiger partial charge in [-0.25, -0.2) is 0 Å². The normalized spacial score (nSPS) is 10.6. The molecular formula is C18H18ClNO2. The fourth-order valence-corrected chi connectivity index (χ4v) is 1.92. The first-order chi connectivity index (χ1) is 10.7. The number of ether oxygens (including phenoxy) is 1. The van der Waals surface area contributed by atoms with Gasteiger partial charge in [-0.2, -0.15) is 0 Å². The molecule has 114 valence electrons.